The van der Waals surface area contributed by atoms with Crippen LogP contribution in [0.2, 0.25) is 10.0 Å². The molecule has 0 bridgehead atoms. The molecule has 0 saturated heterocycles. The number of benzene rings is 1. The summed E-state index contributed by atoms with van der Waals surface area (Å²) in [7, 11) is -2.36. The number of sulfonamides is 1. The van der Waals surface area contributed by atoms with Crippen molar-refractivity contribution in [2.45, 2.75) is 36.6 Å². The number of carboxylic acid groups (broad SMARTS) is 1. The molecule has 1 aromatic rings. The Morgan fingerprint density at radius 3 is 2.64 bits per heavy atom. The normalized spacial score (nSPS) is 22.7. The molecule has 0 aliphatic heterocycles. The zero-order chi connectivity index (χ0) is 16.5. The standard InChI is InChI=1S/C14H17Cl2NO4S/c1-17(10-5-2-4-9(8-10)14(18)19)22(20,21)12-7-3-6-11(15)13(12)16/h3,6-7,9-10H,2,4-5,8H2,1H3,(H,18,19). The molecule has 1 aromatic carbocycles. The minimum Gasteiger partial charge on any atom is -0.481 e. The fraction of sp³-hybridized carbons (Fsp3) is 0.500. The molecule has 1 saturated carbocycles. The summed E-state index contributed by atoms with van der Waals surface area (Å²) in [5, 5.41) is 9.29. The molecule has 1 fully saturated rings. The Kier molecular flexibility index (Phi) is 5.37. The Morgan fingerprint density at radius 1 is 1.32 bits per heavy atom. The maximum absolute atomic E-state index is 12.7. The van der Waals surface area contributed by atoms with Gasteiger partial charge in [-0.05, 0) is 31.4 Å². The molecular formula is C14H17Cl2NO4S. The van der Waals surface area contributed by atoms with Crippen LogP contribution in [0.5, 0.6) is 0 Å². The Bertz CT molecular complexity index is 677. The van der Waals surface area contributed by atoms with Gasteiger partial charge in [0.15, 0.2) is 0 Å². The van der Waals surface area contributed by atoms with E-state index in [9.17, 15) is 13.2 Å². The number of nitrogens with zero attached hydrogens (tertiary/aromatic N) is 1. The maximum Gasteiger partial charge on any atom is 0.306 e. The van der Waals surface area contributed by atoms with E-state index < -0.39 is 21.9 Å². The summed E-state index contributed by atoms with van der Waals surface area (Å²) in [6, 6.07) is 4.09. The van der Waals surface area contributed by atoms with Crippen molar-refractivity contribution in [1.82, 2.24) is 4.31 Å². The molecule has 0 radical (unpaired) electrons. The van der Waals surface area contributed by atoms with Crippen LogP contribution >= 0.6 is 23.2 Å². The van der Waals surface area contributed by atoms with Crippen LogP contribution < -0.4 is 0 Å². The van der Waals surface area contributed by atoms with Gasteiger partial charge in [-0.1, -0.05) is 35.7 Å². The Labute approximate surface area is 139 Å². The van der Waals surface area contributed by atoms with Gasteiger partial charge in [0.1, 0.15) is 4.90 Å². The van der Waals surface area contributed by atoms with Crippen LogP contribution in [0.3, 0.4) is 0 Å². The molecule has 1 N–H and O–H groups in total. The second-order valence-corrected chi connectivity index (χ2v) is 8.18. The number of carbonyl (C=O) groups is 1. The third-order valence-electron chi connectivity index (χ3n) is 4.08. The Morgan fingerprint density at radius 2 is 2.00 bits per heavy atom. The number of hydrogen-bond donors (Lipinski definition) is 1. The first kappa shape index (κ1) is 17.5. The SMILES string of the molecule is CN(C1CCCC(C(=O)O)C1)S(=O)(=O)c1cccc(Cl)c1Cl. The quantitative estimate of drug-likeness (QED) is 0.888. The third kappa shape index (κ3) is 3.40. The molecule has 0 heterocycles. The van der Waals surface area contributed by atoms with Crippen LogP contribution in [-0.2, 0) is 14.8 Å². The average Bonchev–Trinajstić information content (AvgIpc) is 2.49. The molecule has 22 heavy (non-hydrogen) atoms. The second-order valence-electron chi connectivity index (χ2n) is 5.43. The molecule has 1 aliphatic carbocycles. The first-order valence-corrected chi connectivity index (χ1v) is 9.09. The van der Waals surface area contributed by atoms with Crippen molar-refractivity contribution in [2.75, 3.05) is 7.05 Å². The van der Waals surface area contributed by atoms with Crippen LogP contribution in [0.1, 0.15) is 25.7 Å². The van der Waals surface area contributed by atoms with Crippen LogP contribution in [0.25, 0.3) is 0 Å². The predicted octanol–water partition coefficient (Wildman–Crippen LogP) is 3.26. The number of aliphatic carboxylic acids is 1. The van der Waals surface area contributed by atoms with Crippen LogP contribution in [-0.4, -0.2) is 36.9 Å². The lowest BCUT2D eigenvalue weighted by atomic mass is 9.86. The van der Waals surface area contributed by atoms with Gasteiger partial charge in [0, 0.05) is 13.1 Å². The van der Waals surface area contributed by atoms with Crippen molar-refractivity contribution in [3.63, 3.8) is 0 Å². The highest BCUT2D eigenvalue weighted by Gasteiger charge is 2.35. The predicted molar refractivity (Wildman–Crippen MR) is 84.8 cm³/mol. The Hall–Kier alpha value is -0.820. The number of carboxylic acids is 1. The first-order chi connectivity index (χ1) is 10.2. The third-order valence-corrected chi connectivity index (χ3v) is 6.97. The molecular weight excluding hydrogens is 349 g/mol. The molecule has 0 aromatic heterocycles. The molecule has 122 valence electrons. The molecule has 5 nitrogen and oxygen atoms in total. The van der Waals surface area contributed by atoms with Gasteiger partial charge in [0.2, 0.25) is 10.0 Å². The van der Waals surface area contributed by atoms with E-state index in [1.165, 1.54) is 29.6 Å². The summed E-state index contributed by atoms with van der Waals surface area (Å²) in [4.78, 5) is 11.1. The topological polar surface area (TPSA) is 74.7 Å². The summed E-state index contributed by atoms with van der Waals surface area (Å²) < 4.78 is 26.7. The van der Waals surface area contributed by atoms with Crippen molar-refractivity contribution in [3.8, 4) is 0 Å². The zero-order valence-electron chi connectivity index (χ0n) is 12.0. The van der Waals surface area contributed by atoms with Gasteiger partial charge in [0.05, 0.1) is 16.0 Å². The summed E-state index contributed by atoms with van der Waals surface area (Å²) >= 11 is 11.9. The minimum atomic E-state index is -3.82. The summed E-state index contributed by atoms with van der Waals surface area (Å²) in [5.74, 6) is -1.39. The largest absolute Gasteiger partial charge is 0.481 e. The van der Waals surface area contributed by atoms with E-state index in [0.717, 1.165) is 0 Å². The highest BCUT2D eigenvalue weighted by atomic mass is 35.5. The highest BCUT2D eigenvalue weighted by Crippen LogP contribution is 2.34. The maximum atomic E-state index is 12.7. The van der Waals surface area contributed by atoms with Gasteiger partial charge in [-0.25, -0.2) is 8.42 Å². The van der Waals surface area contributed by atoms with E-state index in [-0.39, 0.29) is 21.0 Å². The second kappa shape index (κ2) is 6.74. The van der Waals surface area contributed by atoms with Crippen molar-refractivity contribution >= 4 is 39.2 Å². The van der Waals surface area contributed by atoms with Crippen LogP contribution in [0.15, 0.2) is 23.1 Å². The zero-order valence-corrected chi connectivity index (χ0v) is 14.3. The fourth-order valence-corrected chi connectivity index (χ4v) is 4.88. The lowest BCUT2D eigenvalue weighted by Crippen LogP contribution is -2.41. The Balaban J connectivity index is 2.29. The van der Waals surface area contributed by atoms with E-state index in [4.69, 9.17) is 28.3 Å². The van der Waals surface area contributed by atoms with Crippen molar-refractivity contribution in [3.05, 3.63) is 28.2 Å². The molecule has 0 spiro atoms. The van der Waals surface area contributed by atoms with E-state index in [2.05, 4.69) is 0 Å². The minimum absolute atomic E-state index is 0.0124. The molecule has 2 atom stereocenters. The van der Waals surface area contributed by atoms with E-state index in [1.807, 2.05) is 0 Å². The smallest absolute Gasteiger partial charge is 0.306 e. The van der Waals surface area contributed by atoms with Gasteiger partial charge in [-0.15, -0.1) is 0 Å². The van der Waals surface area contributed by atoms with Gasteiger partial charge < -0.3 is 5.11 Å². The lowest BCUT2D eigenvalue weighted by Gasteiger charge is -2.33. The van der Waals surface area contributed by atoms with Gasteiger partial charge >= 0.3 is 5.97 Å². The van der Waals surface area contributed by atoms with Crippen molar-refractivity contribution in [2.24, 2.45) is 5.92 Å². The number of hydrogen-bond acceptors (Lipinski definition) is 3. The van der Waals surface area contributed by atoms with Crippen LogP contribution in [0, 0.1) is 5.92 Å². The summed E-state index contributed by atoms with van der Waals surface area (Å²) in [6.45, 7) is 0. The molecule has 1 aliphatic rings. The van der Waals surface area contributed by atoms with Crippen molar-refractivity contribution < 1.29 is 18.3 Å². The van der Waals surface area contributed by atoms with Crippen LogP contribution in [0.4, 0.5) is 0 Å². The lowest BCUT2D eigenvalue weighted by molar-refractivity contribution is -0.143. The fourth-order valence-electron chi connectivity index (χ4n) is 2.75. The molecule has 2 rings (SSSR count). The number of rotatable bonds is 4. The van der Waals surface area contributed by atoms with E-state index in [0.29, 0.717) is 25.7 Å². The van der Waals surface area contributed by atoms with Gasteiger partial charge in [-0.2, -0.15) is 4.31 Å². The molecule has 0 amide bonds. The van der Waals surface area contributed by atoms with E-state index in [1.54, 1.807) is 0 Å². The molecule has 8 heteroatoms. The summed E-state index contributed by atoms with van der Waals surface area (Å²) in [5.41, 5.74) is 0. The highest BCUT2D eigenvalue weighted by molar-refractivity contribution is 7.89. The first-order valence-electron chi connectivity index (χ1n) is 6.90. The average molecular weight is 366 g/mol. The monoisotopic (exact) mass is 365 g/mol. The number of halogens is 2. The van der Waals surface area contributed by atoms with Crippen molar-refractivity contribution in [1.29, 1.82) is 0 Å². The van der Waals surface area contributed by atoms with Gasteiger partial charge in [-0.3, -0.25) is 4.79 Å². The van der Waals surface area contributed by atoms with Gasteiger partial charge in [0.25, 0.3) is 0 Å². The summed E-state index contributed by atoms with van der Waals surface area (Å²) in [6.07, 6.45) is 2.21. The van der Waals surface area contributed by atoms with E-state index >= 15 is 0 Å². The molecule has 2 unspecified atom stereocenters.